The normalized spacial score (nSPS) is 14.4. The summed E-state index contributed by atoms with van der Waals surface area (Å²) in [6.07, 6.45) is 1.84. The summed E-state index contributed by atoms with van der Waals surface area (Å²) >= 11 is 0. The lowest BCUT2D eigenvalue weighted by Crippen LogP contribution is -2.15. The molecular weight excluding hydrogens is 280 g/mol. The minimum absolute atomic E-state index is 0.0218. The van der Waals surface area contributed by atoms with Crippen LogP contribution in [0.1, 0.15) is 36.4 Å². The summed E-state index contributed by atoms with van der Waals surface area (Å²) in [6.45, 7) is 8.61. The van der Waals surface area contributed by atoms with Gasteiger partial charge in [0.05, 0.1) is 17.1 Å². The van der Waals surface area contributed by atoms with E-state index in [1.807, 2.05) is 20.0 Å². The number of rotatable bonds is 1. The number of aryl methyl sites for hydroxylation is 2. The highest BCUT2D eigenvalue weighted by Crippen LogP contribution is 2.49. The minimum Gasteiger partial charge on any atom is -0.255 e. The van der Waals surface area contributed by atoms with Crippen molar-refractivity contribution < 1.29 is 0 Å². The Hall–Kier alpha value is -2.48. The third-order valence-corrected chi connectivity index (χ3v) is 4.92. The van der Waals surface area contributed by atoms with Crippen molar-refractivity contribution in [2.24, 2.45) is 0 Å². The van der Waals surface area contributed by atoms with Crippen molar-refractivity contribution in [1.82, 2.24) is 9.97 Å². The van der Waals surface area contributed by atoms with Crippen molar-refractivity contribution in [3.05, 3.63) is 71.2 Å². The molecule has 114 valence electrons. The Morgan fingerprint density at radius 1 is 0.870 bits per heavy atom. The molecule has 4 rings (SSSR count). The number of hydrogen-bond donors (Lipinski definition) is 0. The van der Waals surface area contributed by atoms with Gasteiger partial charge >= 0.3 is 0 Å². The molecule has 0 amide bonds. The van der Waals surface area contributed by atoms with Crippen molar-refractivity contribution in [3.63, 3.8) is 0 Å². The zero-order valence-corrected chi connectivity index (χ0v) is 14.0. The number of aromatic nitrogens is 2. The molecule has 1 aliphatic carbocycles. The molecule has 0 unspecified atom stereocenters. The van der Waals surface area contributed by atoms with Crippen LogP contribution in [0.3, 0.4) is 0 Å². The summed E-state index contributed by atoms with van der Waals surface area (Å²) in [5, 5.41) is 0. The van der Waals surface area contributed by atoms with Gasteiger partial charge in [-0.15, -0.1) is 0 Å². The first-order chi connectivity index (χ1) is 11.0. The molecule has 2 heteroatoms. The van der Waals surface area contributed by atoms with Gasteiger partial charge in [0.25, 0.3) is 0 Å². The molecule has 0 bridgehead atoms. The smallest absolute Gasteiger partial charge is 0.0914 e. The molecule has 0 spiro atoms. The first kappa shape index (κ1) is 14.1. The fraction of sp³-hybridized carbons (Fsp3) is 0.238. The van der Waals surface area contributed by atoms with Crippen LogP contribution in [-0.4, -0.2) is 9.97 Å². The van der Waals surface area contributed by atoms with Gasteiger partial charge in [-0.25, -0.2) is 0 Å². The average molecular weight is 300 g/mol. The van der Waals surface area contributed by atoms with Gasteiger partial charge in [-0.3, -0.25) is 9.97 Å². The lowest BCUT2D eigenvalue weighted by molar-refractivity contribution is 0.660. The standard InChI is InChI=1S/C21H20N2/c1-13-12-22-20(14(2)23-13)15-9-10-17-16-7-5-6-8-18(16)21(3,4)19(17)11-15/h5-12H,1-4H3. The van der Waals surface area contributed by atoms with Crippen molar-refractivity contribution in [1.29, 1.82) is 0 Å². The van der Waals surface area contributed by atoms with Crippen LogP contribution in [0.2, 0.25) is 0 Å². The number of nitrogens with zero attached hydrogens (tertiary/aromatic N) is 2. The summed E-state index contributed by atoms with van der Waals surface area (Å²) in [7, 11) is 0. The topological polar surface area (TPSA) is 25.8 Å². The fourth-order valence-electron chi connectivity index (χ4n) is 3.73. The van der Waals surface area contributed by atoms with Gasteiger partial charge in [0.15, 0.2) is 0 Å². The summed E-state index contributed by atoms with van der Waals surface area (Å²) in [5.74, 6) is 0. The van der Waals surface area contributed by atoms with E-state index in [9.17, 15) is 0 Å². The van der Waals surface area contributed by atoms with Gasteiger partial charge in [-0.1, -0.05) is 50.2 Å². The maximum Gasteiger partial charge on any atom is 0.0914 e. The Morgan fingerprint density at radius 2 is 1.61 bits per heavy atom. The predicted molar refractivity (Wildman–Crippen MR) is 94.5 cm³/mol. The molecule has 0 fully saturated rings. The SMILES string of the molecule is Cc1cnc(-c2ccc3c(c2)C(C)(C)c2ccccc2-3)c(C)n1. The van der Waals surface area contributed by atoms with Crippen LogP contribution in [0.15, 0.2) is 48.7 Å². The molecule has 2 aromatic carbocycles. The second kappa shape index (κ2) is 4.76. The molecular formula is C21H20N2. The average Bonchev–Trinajstić information content (AvgIpc) is 2.76. The molecule has 0 saturated carbocycles. The zero-order chi connectivity index (χ0) is 16.2. The minimum atomic E-state index is 0.0218. The Morgan fingerprint density at radius 3 is 2.39 bits per heavy atom. The van der Waals surface area contributed by atoms with Crippen molar-refractivity contribution >= 4 is 0 Å². The van der Waals surface area contributed by atoms with E-state index in [-0.39, 0.29) is 5.41 Å². The van der Waals surface area contributed by atoms with Crippen LogP contribution < -0.4 is 0 Å². The van der Waals surface area contributed by atoms with Crippen LogP contribution in [-0.2, 0) is 5.41 Å². The summed E-state index contributed by atoms with van der Waals surface area (Å²) in [6, 6.07) is 15.4. The first-order valence-corrected chi connectivity index (χ1v) is 8.03. The number of benzene rings is 2. The lowest BCUT2D eigenvalue weighted by Gasteiger charge is -2.22. The van der Waals surface area contributed by atoms with E-state index in [0.29, 0.717) is 0 Å². The third-order valence-electron chi connectivity index (χ3n) is 4.92. The highest BCUT2D eigenvalue weighted by Gasteiger charge is 2.35. The van der Waals surface area contributed by atoms with E-state index in [2.05, 4.69) is 66.3 Å². The van der Waals surface area contributed by atoms with Gasteiger partial charge < -0.3 is 0 Å². The van der Waals surface area contributed by atoms with Gasteiger partial charge in [-0.2, -0.15) is 0 Å². The monoisotopic (exact) mass is 300 g/mol. The Labute approximate surface area is 137 Å². The molecule has 0 atom stereocenters. The van der Waals surface area contributed by atoms with Crippen molar-refractivity contribution in [3.8, 4) is 22.4 Å². The van der Waals surface area contributed by atoms with Crippen molar-refractivity contribution in [2.75, 3.05) is 0 Å². The molecule has 2 nitrogen and oxygen atoms in total. The Bertz CT molecular complexity index is 923. The molecule has 0 radical (unpaired) electrons. The molecule has 1 heterocycles. The highest BCUT2D eigenvalue weighted by atomic mass is 14.8. The maximum absolute atomic E-state index is 4.61. The molecule has 3 aromatic rings. The quantitative estimate of drug-likeness (QED) is 0.627. The number of hydrogen-bond acceptors (Lipinski definition) is 2. The predicted octanol–water partition coefficient (Wildman–Crippen LogP) is 5.07. The van der Waals surface area contributed by atoms with E-state index in [1.165, 1.54) is 22.3 Å². The van der Waals surface area contributed by atoms with Crippen LogP contribution in [0.25, 0.3) is 22.4 Å². The van der Waals surface area contributed by atoms with Crippen LogP contribution in [0, 0.1) is 13.8 Å². The fourth-order valence-corrected chi connectivity index (χ4v) is 3.73. The van der Waals surface area contributed by atoms with Gasteiger partial charge in [0, 0.05) is 17.2 Å². The van der Waals surface area contributed by atoms with E-state index in [0.717, 1.165) is 22.6 Å². The van der Waals surface area contributed by atoms with E-state index in [1.54, 1.807) is 0 Å². The van der Waals surface area contributed by atoms with Crippen LogP contribution in [0.5, 0.6) is 0 Å². The molecule has 0 N–H and O–H groups in total. The molecule has 23 heavy (non-hydrogen) atoms. The summed E-state index contributed by atoms with van der Waals surface area (Å²) in [5.41, 5.74) is 9.56. The molecule has 0 saturated heterocycles. The second-order valence-electron chi connectivity index (χ2n) is 6.88. The van der Waals surface area contributed by atoms with Gasteiger partial charge in [-0.05, 0) is 42.2 Å². The third kappa shape index (κ3) is 2.02. The molecule has 1 aliphatic rings. The van der Waals surface area contributed by atoms with Crippen LogP contribution in [0.4, 0.5) is 0 Å². The van der Waals surface area contributed by atoms with Crippen molar-refractivity contribution in [2.45, 2.75) is 33.1 Å². The molecule has 0 aliphatic heterocycles. The summed E-state index contributed by atoms with van der Waals surface area (Å²) in [4.78, 5) is 9.16. The van der Waals surface area contributed by atoms with E-state index in [4.69, 9.17) is 0 Å². The largest absolute Gasteiger partial charge is 0.255 e. The highest BCUT2D eigenvalue weighted by molar-refractivity contribution is 5.83. The van der Waals surface area contributed by atoms with E-state index < -0.39 is 0 Å². The Kier molecular flexibility index (Phi) is 2.92. The number of fused-ring (bicyclic) bond motifs is 3. The maximum atomic E-state index is 4.61. The van der Waals surface area contributed by atoms with Gasteiger partial charge in [0.1, 0.15) is 0 Å². The Balaban J connectivity index is 1.92. The molecule has 1 aromatic heterocycles. The zero-order valence-electron chi connectivity index (χ0n) is 14.0. The van der Waals surface area contributed by atoms with Crippen LogP contribution >= 0.6 is 0 Å². The van der Waals surface area contributed by atoms with E-state index >= 15 is 0 Å². The summed E-state index contributed by atoms with van der Waals surface area (Å²) < 4.78 is 0. The second-order valence-corrected chi connectivity index (χ2v) is 6.88. The lowest BCUT2D eigenvalue weighted by atomic mass is 9.82. The first-order valence-electron chi connectivity index (χ1n) is 8.03. The van der Waals surface area contributed by atoms with Gasteiger partial charge in [0.2, 0.25) is 0 Å².